The normalized spacial score (nSPS) is 13.2. The minimum atomic E-state index is -0.0339. The number of carbonyl (C=O) groups is 3. The molecule has 0 aromatic carbocycles. The maximum Gasteiger partial charge on any atom is 0.306 e. The Morgan fingerprint density at radius 3 is 1.38 bits per heavy atom. The summed E-state index contributed by atoms with van der Waals surface area (Å²) in [4.78, 5) is 43.0. The van der Waals surface area contributed by atoms with E-state index in [0.717, 1.165) is 116 Å². The lowest BCUT2D eigenvalue weighted by atomic mass is 9.91. The highest BCUT2D eigenvalue weighted by Crippen LogP contribution is 2.23. The monoisotopic (exact) mass is 847 g/mol. The van der Waals surface area contributed by atoms with Crippen LogP contribution in [0.4, 0.5) is 0 Å². The number of hydrogen-bond donors (Lipinski definition) is 0. The van der Waals surface area contributed by atoms with Gasteiger partial charge in [0.15, 0.2) is 0 Å². The lowest BCUT2D eigenvalue weighted by molar-refractivity contribution is -0.150. The lowest BCUT2D eigenvalue weighted by Crippen LogP contribution is -2.40. The molecule has 1 fully saturated rings. The molecule has 1 saturated heterocycles. The Balaban J connectivity index is 2.31. The predicted octanol–water partition coefficient (Wildman–Crippen LogP) is 15.1. The Morgan fingerprint density at radius 2 is 0.867 bits per heavy atom. The average Bonchev–Trinajstić information content (AvgIpc) is 3.76. The molecule has 354 valence electrons. The van der Waals surface area contributed by atoms with Crippen LogP contribution in [0.25, 0.3) is 0 Å². The predicted molar refractivity (Wildman–Crippen MR) is 255 cm³/mol. The highest BCUT2D eigenvalue weighted by atomic mass is 16.5. The fourth-order valence-corrected chi connectivity index (χ4v) is 9.04. The Bertz CT molecular complexity index is 943. The summed E-state index contributed by atoms with van der Waals surface area (Å²) in [7, 11) is 0. The lowest BCUT2D eigenvalue weighted by Gasteiger charge is -2.25. The van der Waals surface area contributed by atoms with E-state index in [1.807, 2.05) is 0 Å². The molecule has 0 saturated carbocycles. The van der Waals surface area contributed by atoms with Gasteiger partial charge in [0.05, 0.1) is 13.2 Å². The van der Waals surface area contributed by atoms with Crippen LogP contribution >= 0.6 is 0 Å². The number of amides is 1. The van der Waals surface area contributed by atoms with Crippen molar-refractivity contribution in [2.24, 2.45) is 5.92 Å². The molecular weight excluding hydrogens is 745 g/mol. The molecule has 60 heavy (non-hydrogen) atoms. The van der Waals surface area contributed by atoms with Crippen molar-refractivity contribution in [3.63, 3.8) is 0 Å². The Kier molecular flexibility index (Phi) is 40.1. The van der Waals surface area contributed by atoms with E-state index < -0.39 is 0 Å². The fourth-order valence-electron chi connectivity index (χ4n) is 9.04. The molecule has 0 N–H and O–H groups in total. The Hall–Kier alpha value is -1.63. The molecule has 7 nitrogen and oxygen atoms in total. The quantitative estimate of drug-likeness (QED) is 0.0449. The number of nitrogens with zero attached hydrogens (tertiary/aromatic N) is 2. The van der Waals surface area contributed by atoms with Gasteiger partial charge in [0.1, 0.15) is 6.10 Å². The van der Waals surface area contributed by atoms with Gasteiger partial charge in [-0.05, 0) is 96.1 Å². The topological polar surface area (TPSA) is 76.1 Å². The summed E-state index contributed by atoms with van der Waals surface area (Å²) in [5.41, 5.74) is 0. The van der Waals surface area contributed by atoms with Crippen LogP contribution < -0.4 is 0 Å². The molecule has 0 aromatic rings. The van der Waals surface area contributed by atoms with Crippen molar-refractivity contribution in [3.05, 3.63) is 0 Å². The largest absolute Gasteiger partial charge is 0.466 e. The third kappa shape index (κ3) is 34.9. The van der Waals surface area contributed by atoms with Crippen molar-refractivity contribution in [2.45, 2.75) is 278 Å². The molecule has 1 heterocycles. The van der Waals surface area contributed by atoms with Crippen molar-refractivity contribution >= 4 is 17.8 Å². The van der Waals surface area contributed by atoms with Gasteiger partial charge in [-0.15, -0.1) is 0 Å². The molecule has 0 aromatic heterocycles. The number of esters is 2. The van der Waals surface area contributed by atoms with E-state index in [2.05, 4.69) is 37.5 Å². The summed E-state index contributed by atoms with van der Waals surface area (Å²) in [5, 5.41) is 0. The van der Waals surface area contributed by atoms with E-state index in [-0.39, 0.29) is 23.9 Å². The van der Waals surface area contributed by atoms with Crippen LogP contribution in [0.2, 0.25) is 0 Å². The maximum absolute atomic E-state index is 13.4. The van der Waals surface area contributed by atoms with Gasteiger partial charge in [-0.1, -0.05) is 182 Å². The van der Waals surface area contributed by atoms with Crippen LogP contribution in [0.15, 0.2) is 0 Å². The van der Waals surface area contributed by atoms with Crippen LogP contribution in [0, 0.1) is 5.92 Å². The van der Waals surface area contributed by atoms with Crippen molar-refractivity contribution in [1.82, 2.24) is 9.80 Å². The summed E-state index contributed by atoms with van der Waals surface area (Å²) in [5.74, 6) is 1.04. The number of ether oxygens (including phenoxy) is 2. The van der Waals surface area contributed by atoms with Gasteiger partial charge in [-0.25, -0.2) is 0 Å². The minimum Gasteiger partial charge on any atom is -0.466 e. The number of rotatable bonds is 45. The molecule has 1 rings (SSSR count). The molecule has 0 spiro atoms. The third-order valence-electron chi connectivity index (χ3n) is 13.0. The number of hydrogen-bond acceptors (Lipinski definition) is 6. The molecule has 0 radical (unpaired) electrons. The van der Waals surface area contributed by atoms with Gasteiger partial charge < -0.3 is 14.4 Å². The van der Waals surface area contributed by atoms with Gasteiger partial charge in [0.25, 0.3) is 0 Å². The van der Waals surface area contributed by atoms with E-state index in [4.69, 9.17) is 9.47 Å². The zero-order valence-electron chi connectivity index (χ0n) is 40.7. The fraction of sp³-hybridized carbons (Fsp3) is 0.943. The Morgan fingerprint density at radius 1 is 0.467 bits per heavy atom. The van der Waals surface area contributed by atoms with E-state index in [0.29, 0.717) is 26.0 Å². The van der Waals surface area contributed by atoms with Gasteiger partial charge in [-0.3, -0.25) is 19.3 Å². The number of carbonyl (C=O) groups excluding carboxylic acids is 3. The SMILES string of the molecule is CCCCCCCCC(CCCCCCCC)OC(=O)CCCCCCCN(CCCCCCCC(=O)OCCCC(CCCCC)CCCCC)C(=O)CN1CCCC1. The highest BCUT2D eigenvalue weighted by Gasteiger charge is 2.20. The zero-order valence-corrected chi connectivity index (χ0v) is 40.7. The van der Waals surface area contributed by atoms with E-state index in [1.54, 1.807) is 0 Å². The molecule has 0 unspecified atom stereocenters. The molecule has 0 aliphatic carbocycles. The summed E-state index contributed by atoms with van der Waals surface area (Å²) < 4.78 is 11.7. The van der Waals surface area contributed by atoms with Gasteiger partial charge in [-0.2, -0.15) is 0 Å². The number of likely N-dealkylation sites (tertiary alicyclic amines) is 1. The van der Waals surface area contributed by atoms with Crippen LogP contribution in [0.1, 0.15) is 272 Å². The third-order valence-corrected chi connectivity index (χ3v) is 13.0. The first-order valence-electron chi connectivity index (χ1n) is 26.8. The van der Waals surface area contributed by atoms with E-state index >= 15 is 0 Å². The second-order valence-electron chi connectivity index (χ2n) is 18.8. The first kappa shape index (κ1) is 56.4. The molecule has 1 aliphatic heterocycles. The second-order valence-corrected chi connectivity index (χ2v) is 18.8. The van der Waals surface area contributed by atoms with Crippen LogP contribution in [0.5, 0.6) is 0 Å². The smallest absolute Gasteiger partial charge is 0.306 e. The zero-order chi connectivity index (χ0) is 43.6. The summed E-state index contributed by atoms with van der Waals surface area (Å²) in [6, 6.07) is 0. The van der Waals surface area contributed by atoms with Crippen molar-refractivity contribution in [2.75, 3.05) is 39.3 Å². The van der Waals surface area contributed by atoms with E-state index in [1.165, 1.54) is 148 Å². The molecule has 0 atom stereocenters. The second kappa shape index (κ2) is 42.7. The standard InChI is InChI=1S/C53H102N2O5/c1-5-9-13-15-19-27-39-50(40-28-20-16-14-10-6-2)60-53(58)42-30-22-18-24-32-46-55(51(56)48-54-43-33-34-44-54)45-31-23-17-21-29-41-52(57)59-47-35-38-49(36-25-11-7-3)37-26-12-8-4/h49-50H,5-48H2,1-4H3. The van der Waals surface area contributed by atoms with Crippen molar-refractivity contribution < 1.29 is 23.9 Å². The van der Waals surface area contributed by atoms with Crippen LogP contribution in [-0.2, 0) is 23.9 Å². The summed E-state index contributed by atoms with van der Waals surface area (Å²) in [6.07, 6.45) is 43.9. The first-order chi connectivity index (χ1) is 29.4. The average molecular weight is 847 g/mol. The summed E-state index contributed by atoms with van der Waals surface area (Å²) in [6.45, 7) is 14.0. The van der Waals surface area contributed by atoms with Crippen molar-refractivity contribution in [1.29, 1.82) is 0 Å². The molecule has 7 heteroatoms. The van der Waals surface area contributed by atoms with Gasteiger partial charge in [0.2, 0.25) is 5.91 Å². The Labute approximate surface area is 373 Å². The molecule has 1 amide bonds. The highest BCUT2D eigenvalue weighted by molar-refractivity contribution is 5.78. The summed E-state index contributed by atoms with van der Waals surface area (Å²) >= 11 is 0. The molecular formula is C53H102N2O5. The van der Waals surface area contributed by atoms with Gasteiger partial charge in [0, 0.05) is 25.9 Å². The first-order valence-corrected chi connectivity index (χ1v) is 26.8. The van der Waals surface area contributed by atoms with Gasteiger partial charge >= 0.3 is 11.9 Å². The van der Waals surface area contributed by atoms with Crippen LogP contribution in [0.3, 0.4) is 0 Å². The number of unbranched alkanes of at least 4 members (excludes halogenated alkanes) is 22. The minimum absolute atomic E-state index is 0.000436. The van der Waals surface area contributed by atoms with E-state index in [9.17, 15) is 14.4 Å². The van der Waals surface area contributed by atoms with Crippen molar-refractivity contribution in [3.8, 4) is 0 Å². The molecule has 0 bridgehead atoms. The molecule has 1 aliphatic rings. The maximum atomic E-state index is 13.4. The van der Waals surface area contributed by atoms with Crippen LogP contribution in [-0.4, -0.2) is 73.1 Å².